The summed E-state index contributed by atoms with van der Waals surface area (Å²) in [6.45, 7) is 1.83. The average Bonchev–Trinajstić information content (AvgIpc) is 3.21. The van der Waals surface area contributed by atoms with Gasteiger partial charge in [0, 0.05) is 25.8 Å². The van der Waals surface area contributed by atoms with Gasteiger partial charge in [-0.3, -0.25) is 4.99 Å². The van der Waals surface area contributed by atoms with Gasteiger partial charge in [-0.2, -0.15) is 11.3 Å². The first kappa shape index (κ1) is 19.2. The minimum atomic E-state index is 0. The van der Waals surface area contributed by atoms with E-state index in [0.29, 0.717) is 6.04 Å². The molecule has 1 unspecified atom stereocenters. The topological polar surface area (TPSA) is 30.9 Å². The molecule has 3 rings (SSSR count). The molecule has 1 N–H and O–H groups in total. The van der Waals surface area contributed by atoms with E-state index < -0.39 is 0 Å². The number of para-hydroxylation sites is 1. The number of rotatable bonds is 4. The first-order valence-corrected chi connectivity index (χ1v) is 8.89. The standard InChI is InChI=1S/C18H24N4S.HI/c1-19-18(22-10-8-14-6-4-5-7-16(14)22)20-12-17(21(2)3)15-9-11-23-13-15;/h4-7,9,11,13,17H,8,10,12H2,1-3H3,(H,19,20);1H. The Morgan fingerprint density at radius 2 is 2.12 bits per heavy atom. The van der Waals surface area contributed by atoms with Crippen LogP contribution in [0.5, 0.6) is 0 Å². The Kier molecular flexibility index (Phi) is 7.06. The van der Waals surface area contributed by atoms with Crippen molar-refractivity contribution in [1.82, 2.24) is 10.2 Å². The highest BCUT2D eigenvalue weighted by Crippen LogP contribution is 2.27. The molecule has 2 aromatic rings. The molecule has 1 aromatic heterocycles. The first-order valence-electron chi connectivity index (χ1n) is 7.95. The molecular weight excluding hydrogens is 431 g/mol. The Morgan fingerprint density at radius 3 is 2.79 bits per heavy atom. The quantitative estimate of drug-likeness (QED) is 0.434. The van der Waals surface area contributed by atoms with Gasteiger partial charge in [0.15, 0.2) is 5.96 Å². The number of aliphatic imine (C=N–C) groups is 1. The molecule has 0 radical (unpaired) electrons. The maximum Gasteiger partial charge on any atom is 0.198 e. The fourth-order valence-corrected chi connectivity index (χ4v) is 3.81. The molecule has 2 heterocycles. The van der Waals surface area contributed by atoms with Gasteiger partial charge in [-0.05, 0) is 54.5 Å². The van der Waals surface area contributed by atoms with Gasteiger partial charge in [-0.15, -0.1) is 24.0 Å². The van der Waals surface area contributed by atoms with Gasteiger partial charge in [0.25, 0.3) is 0 Å². The highest BCUT2D eigenvalue weighted by atomic mass is 127. The van der Waals surface area contributed by atoms with Gasteiger partial charge in [0.05, 0.1) is 6.04 Å². The van der Waals surface area contributed by atoms with E-state index >= 15 is 0 Å². The van der Waals surface area contributed by atoms with Crippen LogP contribution in [0.2, 0.25) is 0 Å². The molecular formula is C18H25IN4S. The molecule has 0 amide bonds. The van der Waals surface area contributed by atoms with Crippen LogP contribution in [-0.2, 0) is 6.42 Å². The SMILES string of the molecule is CN=C(NCC(c1ccsc1)N(C)C)N1CCc2ccccc21.I. The number of thiophene rings is 1. The van der Waals surface area contributed by atoms with Crippen LogP contribution in [0, 0.1) is 0 Å². The third-order valence-corrected chi connectivity index (χ3v) is 5.06. The lowest BCUT2D eigenvalue weighted by atomic mass is 10.1. The Hall–Kier alpha value is -1.12. The van der Waals surface area contributed by atoms with Crippen LogP contribution in [0.1, 0.15) is 17.2 Å². The average molecular weight is 456 g/mol. The molecule has 1 aliphatic heterocycles. The summed E-state index contributed by atoms with van der Waals surface area (Å²) in [6.07, 6.45) is 1.08. The van der Waals surface area contributed by atoms with Crippen LogP contribution in [-0.4, -0.2) is 45.1 Å². The molecule has 1 atom stereocenters. The fourth-order valence-electron chi connectivity index (χ4n) is 3.10. The van der Waals surface area contributed by atoms with Crippen molar-refractivity contribution < 1.29 is 0 Å². The maximum absolute atomic E-state index is 4.50. The lowest BCUT2D eigenvalue weighted by Gasteiger charge is -2.28. The van der Waals surface area contributed by atoms with Crippen molar-refractivity contribution in [3.63, 3.8) is 0 Å². The minimum Gasteiger partial charge on any atom is -0.354 e. The van der Waals surface area contributed by atoms with Crippen molar-refractivity contribution in [3.8, 4) is 0 Å². The van der Waals surface area contributed by atoms with E-state index in [1.165, 1.54) is 16.8 Å². The molecule has 0 aliphatic carbocycles. The molecule has 1 aliphatic rings. The Balaban J connectivity index is 0.00000208. The first-order chi connectivity index (χ1) is 11.2. The second kappa shape index (κ2) is 8.82. The van der Waals surface area contributed by atoms with Gasteiger partial charge in [0.1, 0.15) is 0 Å². The predicted molar refractivity (Wildman–Crippen MR) is 115 cm³/mol. The third kappa shape index (κ3) is 4.10. The van der Waals surface area contributed by atoms with Crippen molar-refractivity contribution in [2.45, 2.75) is 12.5 Å². The third-order valence-electron chi connectivity index (χ3n) is 4.36. The van der Waals surface area contributed by atoms with Crippen LogP contribution in [0.25, 0.3) is 0 Å². The summed E-state index contributed by atoms with van der Waals surface area (Å²) < 4.78 is 0. The fraction of sp³-hybridized carbons (Fsp3) is 0.389. The zero-order chi connectivity index (χ0) is 16.2. The number of nitrogens with one attached hydrogen (secondary N) is 1. The summed E-state index contributed by atoms with van der Waals surface area (Å²) in [6, 6.07) is 11.1. The highest BCUT2D eigenvalue weighted by Gasteiger charge is 2.23. The summed E-state index contributed by atoms with van der Waals surface area (Å²) in [5.41, 5.74) is 4.03. The van der Waals surface area contributed by atoms with Crippen molar-refractivity contribution in [3.05, 3.63) is 52.2 Å². The minimum absolute atomic E-state index is 0. The van der Waals surface area contributed by atoms with E-state index in [0.717, 1.165) is 25.5 Å². The van der Waals surface area contributed by atoms with Crippen molar-refractivity contribution in [1.29, 1.82) is 0 Å². The van der Waals surface area contributed by atoms with Crippen LogP contribution in [0.15, 0.2) is 46.1 Å². The van der Waals surface area contributed by atoms with Gasteiger partial charge < -0.3 is 15.1 Å². The lowest BCUT2D eigenvalue weighted by molar-refractivity contribution is 0.299. The highest BCUT2D eigenvalue weighted by molar-refractivity contribution is 14.0. The zero-order valence-corrected chi connectivity index (χ0v) is 17.5. The number of hydrogen-bond donors (Lipinski definition) is 1. The van der Waals surface area contributed by atoms with Crippen molar-refractivity contribution >= 4 is 47.0 Å². The smallest absolute Gasteiger partial charge is 0.198 e. The largest absolute Gasteiger partial charge is 0.354 e. The van der Waals surface area contributed by atoms with Gasteiger partial charge >= 0.3 is 0 Å². The molecule has 1 aromatic carbocycles. The van der Waals surface area contributed by atoms with E-state index in [-0.39, 0.29) is 24.0 Å². The molecule has 0 spiro atoms. The van der Waals surface area contributed by atoms with Crippen molar-refractivity contribution in [2.24, 2.45) is 4.99 Å². The number of anilines is 1. The molecule has 0 saturated carbocycles. The summed E-state index contributed by atoms with van der Waals surface area (Å²) >= 11 is 1.75. The number of halogens is 1. The van der Waals surface area contributed by atoms with E-state index in [4.69, 9.17) is 0 Å². The van der Waals surface area contributed by atoms with Gasteiger partial charge in [-0.1, -0.05) is 18.2 Å². The Morgan fingerprint density at radius 1 is 1.33 bits per heavy atom. The van der Waals surface area contributed by atoms with E-state index in [1.807, 2.05) is 7.05 Å². The maximum atomic E-state index is 4.50. The summed E-state index contributed by atoms with van der Waals surface area (Å²) in [5, 5.41) is 7.92. The second-order valence-electron chi connectivity index (χ2n) is 5.99. The number of hydrogen-bond acceptors (Lipinski definition) is 3. The molecule has 24 heavy (non-hydrogen) atoms. The normalized spacial score (nSPS) is 15.2. The summed E-state index contributed by atoms with van der Waals surface area (Å²) in [7, 11) is 6.11. The summed E-state index contributed by atoms with van der Waals surface area (Å²) in [4.78, 5) is 9.03. The Labute approximate surface area is 165 Å². The van der Waals surface area contributed by atoms with E-state index in [2.05, 4.69) is 75.3 Å². The number of fused-ring (bicyclic) bond motifs is 1. The van der Waals surface area contributed by atoms with Gasteiger partial charge in [0.2, 0.25) is 0 Å². The van der Waals surface area contributed by atoms with Crippen LogP contribution < -0.4 is 10.2 Å². The molecule has 0 bridgehead atoms. The number of benzene rings is 1. The number of nitrogens with zero attached hydrogens (tertiary/aromatic N) is 3. The zero-order valence-electron chi connectivity index (χ0n) is 14.4. The predicted octanol–water partition coefficient (Wildman–Crippen LogP) is 3.61. The van der Waals surface area contributed by atoms with Crippen LogP contribution in [0.3, 0.4) is 0 Å². The molecule has 130 valence electrons. The molecule has 0 fully saturated rings. The van der Waals surface area contributed by atoms with Crippen molar-refractivity contribution in [2.75, 3.05) is 39.1 Å². The van der Waals surface area contributed by atoms with E-state index in [1.54, 1.807) is 11.3 Å². The summed E-state index contributed by atoms with van der Waals surface area (Å²) in [5.74, 6) is 0.956. The molecule has 0 saturated heterocycles. The Bertz CT molecular complexity index is 669. The number of guanidine groups is 1. The second-order valence-corrected chi connectivity index (χ2v) is 6.77. The van der Waals surface area contributed by atoms with E-state index in [9.17, 15) is 0 Å². The van der Waals surface area contributed by atoms with Crippen LogP contribution >= 0.6 is 35.3 Å². The van der Waals surface area contributed by atoms with Crippen LogP contribution in [0.4, 0.5) is 5.69 Å². The monoisotopic (exact) mass is 456 g/mol. The van der Waals surface area contributed by atoms with Gasteiger partial charge in [-0.25, -0.2) is 0 Å². The lowest BCUT2D eigenvalue weighted by Crippen LogP contribution is -2.43. The molecule has 6 heteroatoms. The number of likely N-dealkylation sites (N-methyl/N-ethyl adjacent to an activating group) is 1. The molecule has 4 nitrogen and oxygen atoms in total.